The molecule has 2 fully saturated rings. The van der Waals surface area contributed by atoms with Crippen molar-refractivity contribution in [1.82, 2.24) is 4.90 Å². The molecule has 3 heterocycles. The highest BCUT2D eigenvalue weighted by Crippen LogP contribution is 2.62. The third-order valence-corrected chi connectivity index (χ3v) is 6.50. The fourth-order valence-corrected chi connectivity index (χ4v) is 5.68. The maximum absolute atomic E-state index is 12.8. The Hall–Kier alpha value is -2.33. The van der Waals surface area contributed by atoms with Crippen LogP contribution in [-0.4, -0.2) is 37.1 Å². The van der Waals surface area contributed by atoms with Crippen molar-refractivity contribution >= 4 is 11.7 Å². The Morgan fingerprint density at radius 1 is 1.40 bits per heavy atom. The Morgan fingerprint density at radius 3 is 3.04 bits per heavy atom. The predicted molar refractivity (Wildman–Crippen MR) is 97.1 cm³/mol. The van der Waals surface area contributed by atoms with Crippen molar-refractivity contribution in [3.05, 3.63) is 65.4 Å². The van der Waals surface area contributed by atoms with E-state index >= 15 is 0 Å². The third-order valence-electron chi connectivity index (χ3n) is 6.50. The van der Waals surface area contributed by atoms with E-state index in [0.29, 0.717) is 6.04 Å². The number of methoxy groups -OCH3 is 1. The molecule has 25 heavy (non-hydrogen) atoms. The summed E-state index contributed by atoms with van der Waals surface area (Å²) >= 11 is 0. The van der Waals surface area contributed by atoms with E-state index in [-0.39, 0.29) is 17.3 Å². The minimum atomic E-state index is -0.201. The summed E-state index contributed by atoms with van der Waals surface area (Å²) < 4.78 is 5.21. The van der Waals surface area contributed by atoms with Crippen LogP contribution in [0.3, 0.4) is 0 Å². The number of hydrogen-bond acceptors (Lipinski definition) is 4. The second kappa shape index (κ2) is 5.09. The number of carbonyl (C=O) groups is 1. The third kappa shape index (κ3) is 1.68. The van der Waals surface area contributed by atoms with Gasteiger partial charge in [0.15, 0.2) is 0 Å². The van der Waals surface area contributed by atoms with Crippen LogP contribution in [0.15, 0.2) is 59.8 Å². The van der Waals surface area contributed by atoms with Crippen LogP contribution in [0.25, 0.3) is 0 Å². The van der Waals surface area contributed by atoms with Crippen LogP contribution >= 0.6 is 0 Å². The van der Waals surface area contributed by atoms with Crippen molar-refractivity contribution in [1.29, 1.82) is 0 Å². The molecule has 0 unspecified atom stereocenters. The second-order valence-corrected chi connectivity index (χ2v) is 7.35. The zero-order valence-electron chi connectivity index (χ0n) is 14.4. The number of esters is 1. The fourth-order valence-electron chi connectivity index (χ4n) is 5.68. The van der Waals surface area contributed by atoms with E-state index in [1.54, 1.807) is 0 Å². The maximum Gasteiger partial charge on any atom is 0.336 e. The molecule has 0 amide bonds. The van der Waals surface area contributed by atoms with Gasteiger partial charge in [0, 0.05) is 29.9 Å². The minimum Gasteiger partial charge on any atom is -0.466 e. The van der Waals surface area contributed by atoms with Gasteiger partial charge in [-0.05, 0) is 36.6 Å². The molecule has 1 aromatic rings. The van der Waals surface area contributed by atoms with Crippen molar-refractivity contribution in [2.45, 2.75) is 24.3 Å². The van der Waals surface area contributed by atoms with E-state index in [9.17, 15) is 4.79 Å². The highest BCUT2D eigenvalue weighted by atomic mass is 16.5. The molecule has 2 bridgehead atoms. The van der Waals surface area contributed by atoms with Crippen LogP contribution in [0.4, 0.5) is 5.69 Å². The van der Waals surface area contributed by atoms with Crippen LogP contribution in [0.1, 0.15) is 18.4 Å². The van der Waals surface area contributed by atoms with Gasteiger partial charge in [-0.1, -0.05) is 36.9 Å². The van der Waals surface area contributed by atoms with E-state index in [4.69, 9.17) is 4.74 Å². The lowest BCUT2D eigenvalue weighted by Gasteiger charge is -2.49. The first-order chi connectivity index (χ1) is 12.2. The first-order valence-corrected chi connectivity index (χ1v) is 8.98. The van der Waals surface area contributed by atoms with Gasteiger partial charge in [0.05, 0.1) is 18.1 Å². The van der Waals surface area contributed by atoms with Gasteiger partial charge in [0.1, 0.15) is 0 Å². The summed E-state index contributed by atoms with van der Waals surface area (Å²) in [7, 11) is 1.48. The Bertz CT molecular complexity index is 853. The van der Waals surface area contributed by atoms with E-state index in [1.807, 2.05) is 6.08 Å². The summed E-state index contributed by atoms with van der Waals surface area (Å²) in [6.45, 7) is 6.01. The van der Waals surface area contributed by atoms with Crippen LogP contribution in [0.2, 0.25) is 0 Å². The van der Waals surface area contributed by atoms with E-state index in [2.05, 4.69) is 47.1 Å². The van der Waals surface area contributed by atoms with Gasteiger partial charge >= 0.3 is 5.97 Å². The molecule has 1 spiro atoms. The fraction of sp³-hybridized carbons (Fsp3) is 0.381. The first-order valence-electron chi connectivity index (χ1n) is 8.98. The highest BCUT2D eigenvalue weighted by molar-refractivity contribution is 5.94. The number of piperidine rings is 1. The number of ether oxygens (including phenoxy) is 1. The lowest BCUT2D eigenvalue weighted by atomic mass is 9.60. The molecule has 128 valence electrons. The standard InChI is InChI=1S/C21H22N2O2/c1-3-6-14-13-9-11-23-12-10-21(19(14)23)15-7-4-5-8-16(15)22-18(21)17(13)20(24)25-2/h3-8,13,19,22H,1,9-12H2,2H3/b14-6-/t13-,19+,21+/m0/s1. The maximum atomic E-state index is 12.8. The summed E-state index contributed by atoms with van der Waals surface area (Å²) in [5.74, 6) is -0.0804. The lowest BCUT2D eigenvalue weighted by molar-refractivity contribution is -0.137. The molecule has 2 saturated heterocycles. The van der Waals surface area contributed by atoms with Crippen molar-refractivity contribution in [3.8, 4) is 0 Å². The Kier molecular flexibility index (Phi) is 3.04. The number of anilines is 1. The summed E-state index contributed by atoms with van der Waals surface area (Å²) in [6.07, 6.45) is 5.98. The zero-order chi connectivity index (χ0) is 17.2. The van der Waals surface area contributed by atoms with E-state index in [1.165, 1.54) is 18.2 Å². The van der Waals surface area contributed by atoms with Crippen molar-refractivity contribution in [2.75, 3.05) is 25.5 Å². The summed E-state index contributed by atoms with van der Waals surface area (Å²) in [4.78, 5) is 15.4. The van der Waals surface area contributed by atoms with Crippen LogP contribution in [0.5, 0.6) is 0 Å². The van der Waals surface area contributed by atoms with Gasteiger partial charge in [0.2, 0.25) is 0 Å². The average Bonchev–Trinajstić information content (AvgIpc) is 3.19. The molecule has 1 aromatic carbocycles. The van der Waals surface area contributed by atoms with Crippen molar-refractivity contribution in [2.24, 2.45) is 5.92 Å². The van der Waals surface area contributed by atoms with Crippen LogP contribution in [-0.2, 0) is 14.9 Å². The molecular weight excluding hydrogens is 312 g/mol. The van der Waals surface area contributed by atoms with Crippen LogP contribution < -0.4 is 5.32 Å². The number of nitrogens with one attached hydrogen (secondary N) is 1. The summed E-state index contributed by atoms with van der Waals surface area (Å²) in [5.41, 5.74) is 5.51. The SMILES string of the molecule is C=C/C=C1/[C@@H]2CCN3CC[C@@]4(C(=C2C(=O)OC)Nc2ccccc24)[C@@H]13. The number of fused-ring (bicyclic) bond motifs is 2. The molecule has 1 aliphatic carbocycles. The normalized spacial score (nSPS) is 33.7. The predicted octanol–water partition coefficient (Wildman–Crippen LogP) is 3.00. The number of benzene rings is 1. The number of nitrogens with zero attached hydrogens (tertiary/aromatic N) is 1. The molecule has 5 rings (SSSR count). The summed E-state index contributed by atoms with van der Waals surface area (Å²) in [5, 5.41) is 3.61. The number of rotatable bonds is 2. The zero-order valence-corrected chi connectivity index (χ0v) is 14.4. The molecule has 3 atom stereocenters. The monoisotopic (exact) mass is 334 g/mol. The van der Waals surface area contributed by atoms with Gasteiger partial charge in [0.25, 0.3) is 0 Å². The quantitative estimate of drug-likeness (QED) is 0.844. The molecular formula is C21H22N2O2. The molecule has 4 heteroatoms. The minimum absolute atomic E-state index is 0.120. The topological polar surface area (TPSA) is 41.6 Å². The second-order valence-electron chi connectivity index (χ2n) is 7.35. The molecule has 3 aliphatic heterocycles. The van der Waals surface area contributed by atoms with Gasteiger partial charge in [-0.15, -0.1) is 0 Å². The molecule has 1 N–H and O–H groups in total. The van der Waals surface area contributed by atoms with Crippen molar-refractivity contribution < 1.29 is 9.53 Å². The first kappa shape index (κ1) is 15.0. The van der Waals surface area contributed by atoms with E-state index < -0.39 is 0 Å². The smallest absolute Gasteiger partial charge is 0.336 e. The Morgan fingerprint density at radius 2 is 2.24 bits per heavy atom. The lowest BCUT2D eigenvalue weighted by Crippen LogP contribution is -2.54. The molecule has 4 aliphatic rings. The number of carbonyl (C=O) groups excluding carboxylic acids is 1. The summed E-state index contributed by atoms with van der Waals surface area (Å²) in [6, 6.07) is 8.80. The van der Waals surface area contributed by atoms with Gasteiger partial charge < -0.3 is 10.1 Å². The van der Waals surface area contributed by atoms with E-state index in [0.717, 1.165) is 42.9 Å². The highest BCUT2D eigenvalue weighted by Gasteiger charge is 2.63. The molecule has 0 radical (unpaired) electrons. The number of allylic oxidation sites excluding steroid dienone is 2. The van der Waals surface area contributed by atoms with Gasteiger partial charge in [-0.25, -0.2) is 4.79 Å². The van der Waals surface area contributed by atoms with Gasteiger partial charge in [-0.2, -0.15) is 0 Å². The Balaban J connectivity index is 1.86. The largest absolute Gasteiger partial charge is 0.466 e. The van der Waals surface area contributed by atoms with Crippen molar-refractivity contribution in [3.63, 3.8) is 0 Å². The number of para-hydroxylation sites is 1. The molecule has 0 aromatic heterocycles. The Labute approximate surface area is 147 Å². The van der Waals surface area contributed by atoms with Gasteiger partial charge in [-0.3, -0.25) is 4.90 Å². The number of hydrogen-bond donors (Lipinski definition) is 1. The van der Waals surface area contributed by atoms with Crippen LogP contribution in [0, 0.1) is 5.92 Å². The average molecular weight is 334 g/mol. The molecule has 0 saturated carbocycles. The molecule has 4 nitrogen and oxygen atoms in total.